The lowest BCUT2D eigenvalue weighted by Gasteiger charge is -2.09. The molecule has 1 amide bonds. The van der Waals surface area contributed by atoms with Crippen LogP contribution in [0, 0.1) is 0 Å². The summed E-state index contributed by atoms with van der Waals surface area (Å²) in [6, 6.07) is -0.407. The van der Waals surface area contributed by atoms with Gasteiger partial charge < -0.3 is 10.1 Å². The third-order valence-corrected chi connectivity index (χ3v) is 6.19. The highest BCUT2D eigenvalue weighted by Gasteiger charge is 2.28. The molecule has 0 spiro atoms. The molecule has 0 saturated carbocycles. The summed E-state index contributed by atoms with van der Waals surface area (Å²) in [6.45, 7) is 2.69. The fraction of sp³-hybridized carbons (Fsp3) is 0.852. The van der Waals surface area contributed by atoms with E-state index in [-0.39, 0.29) is 11.9 Å². The van der Waals surface area contributed by atoms with E-state index in [2.05, 4.69) is 24.4 Å². The number of allylic oxidation sites excluding steroid dienone is 2. The number of carbonyl (C=O) groups is 2. The first kappa shape index (κ1) is 27.7. The molecule has 0 aliphatic carbocycles. The number of esters is 1. The third-order valence-electron chi connectivity index (χ3n) is 6.19. The third kappa shape index (κ3) is 17.0. The number of hydrogen-bond donors (Lipinski definition) is 1. The van der Waals surface area contributed by atoms with Crippen molar-refractivity contribution < 1.29 is 14.3 Å². The normalized spacial score (nSPS) is 16.2. The summed E-state index contributed by atoms with van der Waals surface area (Å²) in [4.78, 5) is 22.9. The fourth-order valence-electron chi connectivity index (χ4n) is 4.19. The molecular formula is C27H49NO3. The number of ether oxygens (including phenoxy) is 1. The van der Waals surface area contributed by atoms with Gasteiger partial charge in [-0.25, -0.2) is 4.79 Å². The molecule has 31 heavy (non-hydrogen) atoms. The van der Waals surface area contributed by atoms with Crippen LogP contribution in [0.3, 0.4) is 0 Å². The fourth-order valence-corrected chi connectivity index (χ4v) is 4.19. The summed E-state index contributed by atoms with van der Waals surface area (Å²) in [5.41, 5.74) is 0. The Hall–Kier alpha value is -1.32. The van der Waals surface area contributed by atoms with Crippen LogP contribution in [0.4, 0.5) is 0 Å². The predicted octanol–water partition coefficient (Wildman–Crippen LogP) is 7.41. The van der Waals surface area contributed by atoms with Gasteiger partial charge in [0.05, 0.1) is 6.61 Å². The molecule has 1 aliphatic heterocycles. The lowest BCUT2D eigenvalue weighted by Crippen LogP contribution is -2.34. The molecule has 0 aromatic rings. The topological polar surface area (TPSA) is 55.4 Å². The minimum absolute atomic E-state index is 0.0426. The van der Waals surface area contributed by atoms with Gasteiger partial charge in [0.1, 0.15) is 6.04 Å². The zero-order chi connectivity index (χ0) is 22.4. The minimum Gasteiger partial charge on any atom is -0.464 e. The Kier molecular flexibility index (Phi) is 18.4. The molecule has 1 atom stereocenters. The van der Waals surface area contributed by atoms with Crippen molar-refractivity contribution >= 4 is 11.9 Å². The summed E-state index contributed by atoms with van der Waals surface area (Å²) < 4.78 is 5.26. The molecule has 0 aromatic heterocycles. The maximum absolute atomic E-state index is 11.8. The first-order chi connectivity index (χ1) is 15.2. The molecule has 0 aromatic carbocycles. The van der Waals surface area contributed by atoms with E-state index in [0.29, 0.717) is 19.4 Å². The average Bonchev–Trinajstić information content (AvgIpc) is 3.21. The van der Waals surface area contributed by atoms with Crippen LogP contribution in [0.25, 0.3) is 0 Å². The summed E-state index contributed by atoms with van der Waals surface area (Å²) >= 11 is 0. The SMILES string of the molecule is CC/C=C/CCCCCCCCCCCCCCCCCCOC(=O)[C@@H]1CCC(=O)N1. The van der Waals surface area contributed by atoms with Gasteiger partial charge in [0.2, 0.25) is 5.91 Å². The van der Waals surface area contributed by atoms with Crippen LogP contribution in [0.1, 0.15) is 135 Å². The first-order valence-electron chi connectivity index (χ1n) is 13.3. The van der Waals surface area contributed by atoms with Crippen molar-refractivity contribution in [3.05, 3.63) is 12.2 Å². The molecule has 180 valence electrons. The van der Waals surface area contributed by atoms with Crippen LogP contribution in [0.2, 0.25) is 0 Å². The highest BCUT2D eigenvalue weighted by molar-refractivity contribution is 5.87. The van der Waals surface area contributed by atoms with Crippen molar-refractivity contribution in [2.45, 2.75) is 141 Å². The molecule has 4 heteroatoms. The van der Waals surface area contributed by atoms with Gasteiger partial charge in [-0.2, -0.15) is 0 Å². The van der Waals surface area contributed by atoms with Gasteiger partial charge in [-0.1, -0.05) is 109 Å². The molecule has 4 nitrogen and oxygen atoms in total. The summed E-state index contributed by atoms with van der Waals surface area (Å²) in [5, 5.41) is 2.65. The summed E-state index contributed by atoms with van der Waals surface area (Å²) in [7, 11) is 0. The molecule has 1 fully saturated rings. The van der Waals surface area contributed by atoms with Gasteiger partial charge in [-0.3, -0.25) is 4.79 Å². The van der Waals surface area contributed by atoms with Crippen molar-refractivity contribution in [3.63, 3.8) is 0 Å². The Morgan fingerprint density at radius 3 is 1.74 bits per heavy atom. The zero-order valence-electron chi connectivity index (χ0n) is 20.3. The van der Waals surface area contributed by atoms with Crippen LogP contribution >= 0.6 is 0 Å². The zero-order valence-corrected chi connectivity index (χ0v) is 20.3. The molecule has 0 bridgehead atoms. The summed E-state index contributed by atoms with van der Waals surface area (Å²) in [5.74, 6) is -0.305. The smallest absolute Gasteiger partial charge is 0.328 e. The van der Waals surface area contributed by atoms with E-state index < -0.39 is 6.04 Å². The minimum atomic E-state index is -0.407. The Balaban J connectivity index is 1.69. The van der Waals surface area contributed by atoms with Gasteiger partial charge in [0, 0.05) is 6.42 Å². The Labute approximate surface area is 192 Å². The Morgan fingerprint density at radius 2 is 1.29 bits per heavy atom. The van der Waals surface area contributed by atoms with Gasteiger partial charge in [-0.05, 0) is 32.1 Å². The molecule has 0 radical (unpaired) electrons. The number of hydrogen-bond acceptors (Lipinski definition) is 3. The number of carbonyl (C=O) groups excluding carboxylic acids is 2. The van der Waals surface area contributed by atoms with Gasteiger partial charge >= 0.3 is 5.97 Å². The Bertz CT molecular complexity index is 475. The quantitative estimate of drug-likeness (QED) is 0.116. The van der Waals surface area contributed by atoms with Gasteiger partial charge in [-0.15, -0.1) is 0 Å². The van der Waals surface area contributed by atoms with Crippen LogP contribution in [-0.2, 0) is 14.3 Å². The largest absolute Gasteiger partial charge is 0.464 e. The second kappa shape index (κ2) is 20.6. The van der Waals surface area contributed by atoms with Crippen LogP contribution in [0.15, 0.2) is 12.2 Å². The average molecular weight is 436 g/mol. The number of rotatable bonds is 21. The number of unbranched alkanes of at least 4 members (excludes halogenated alkanes) is 16. The van der Waals surface area contributed by atoms with Crippen molar-refractivity contribution in [1.29, 1.82) is 0 Å². The molecule has 0 unspecified atom stereocenters. The van der Waals surface area contributed by atoms with E-state index in [1.54, 1.807) is 0 Å². The molecular weight excluding hydrogens is 386 g/mol. The lowest BCUT2D eigenvalue weighted by molar-refractivity contribution is -0.146. The first-order valence-corrected chi connectivity index (χ1v) is 13.3. The van der Waals surface area contributed by atoms with Gasteiger partial charge in [0.25, 0.3) is 0 Å². The molecule has 1 N–H and O–H groups in total. The van der Waals surface area contributed by atoms with E-state index in [9.17, 15) is 9.59 Å². The Morgan fingerprint density at radius 1 is 0.806 bits per heavy atom. The van der Waals surface area contributed by atoms with Crippen LogP contribution in [-0.4, -0.2) is 24.5 Å². The van der Waals surface area contributed by atoms with E-state index in [1.165, 1.54) is 103 Å². The second-order valence-corrected chi connectivity index (χ2v) is 9.15. The van der Waals surface area contributed by atoms with E-state index in [0.717, 1.165) is 12.8 Å². The monoisotopic (exact) mass is 435 g/mol. The number of amides is 1. The molecule has 1 saturated heterocycles. The number of nitrogens with one attached hydrogen (secondary N) is 1. The summed E-state index contributed by atoms with van der Waals surface area (Å²) in [6.07, 6.45) is 29.4. The van der Waals surface area contributed by atoms with Crippen LogP contribution in [0.5, 0.6) is 0 Å². The van der Waals surface area contributed by atoms with E-state index >= 15 is 0 Å². The van der Waals surface area contributed by atoms with Gasteiger partial charge in [0.15, 0.2) is 0 Å². The predicted molar refractivity (Wildman–Crippen MR) is 130 cm³/mol. The maximum atomic E-state index is 11.8. The van der Waals surface area contributed by atoms with E-state index in [4.69, 9.17) is 4.74 Å². The van der Waals surface area contributed by atoms with E-state index in [1.807, 2.05) is 0 Å². The highest BCUT2D eigenvalue weighted by atomic mass is 16.5. The highest BCUT2D eigenvalue weighted by Crippen LogP contribution is 2.14. The maximum Gasteiger partial charge on any atom is 0.328 e. The standard InChI is InChI=1S/C27H49NO3/c1-2-3-4-5-6-7-8-9-10-11-12-13-14-15-16-17-18-19-20-21-24-31-27(30)25-22-23-26(29)28-25/h3-4,25H,2,5-24H2,1H3,(H,28,29)/b4-3+/t25-/m0/s1. The lowest BCUT2D eigenvalue weighted by atomic mass is 10.0. The van der Waals surface area contributed by atoms with Crippen molar-refractivity contribution in [2.24, 2.45) is 0 Å². The van der Waals surface area contributed by atoms with Crippen molar-refractivity contribution in [2.75, 3.05) is 6.61 Å². The molecule has 1 heterocycles. The second-order valence-electron chi connectivity index (χ2n) is 9.15. The molecule has 1 aliphatic rings. The van der Waals surface area contributed by atoms with Crippen LogP contribution < -0.4 is 5.32 Å². The molecule has 1 rings (SSSR count). The van der Waals surface area contributed by atoms with Crippen molar-refractivity contribution in [3.8, 4) is 0 Å². The van der Waals surface area contributed by atoms with Crippen molar-refractivity contribution in [1.82, 2.24) is 5.32 Å².